The van der Waals surface area contributed by atoms with Crippen LogP contribution in [0.25, 0.3) is 10.2 Å². The Labute approximate surface area is 176 Å². The number of thiophene rings is 1. The molecule has 28 heavy (non-hydrogen) atoms. The highest BCUT2D eigenvalue weighted by atomic mass is 35.5. The van der Waals surface area contributed by atoms with E-state index in [9.17, 15) is 9.59 Å². The van der Waals surface area contributed by atoms with Crippen LogP contribution in [0.1, 0.15) is 31.2 Å². The molecular weight excluding hydrogens is 414 g/mol. The Balaban J connectivity index is 1.59. The molecule has 1 amide bonds. The maximum absolute atomic E-state index is 13.0. The van der Waals surface area contributed by atoms with Crippen molar-refractivity contribution in [3.05, 3.63) is 56.7 Å². The smallest absolute Gasteiger partial charge is 0.272 e. The number of carbonyl (C=O) groups excluding carboxylic acids is 1. The van der Waals surface area contributed by atoms with Crippen molar-refractivity contribution >= 4 is 50.8 Å². The minimum absolute atomic E-state index is 0.0131. The summed E-state index contributed by atoms with van der Waals surface area (Å²) in [6.07, 6.45) is 4.44. The minimum atomic E-state index is -0.0985. The lowest BCUT2D eigenvalue weighted by Crippen LogP contribution is -2.34. The first-order chi connectivity index (χ1) is 13.6. The SMILES string of the molecule is O=C(CSc1nc2ccsc2c(=O)n1Cc1ccccc1Cl)NC1CCCC1. The van der Waals surface area contributed by atoms with E-state index < -0.39 is 0 Å². The van der Waals surface area contributed by atoms with Gasteiger partial charge < -0.3 is 5.32 Å². The normalized spacial score (nSPS) is 14.6. The molecule has 146 valence electrons. The van der Waals surface area contributed by atoms with E-state index in [4.69, 9.17) is 11.6 Å². The van der Waals surface area contributed by atoms with Crippen LogP contribution in [0.5, 0.6) is 0 Å². The van der Waals surface area contributed by atoms with Crippen LogP contribution in [0.15, 0.2) is 45.7 Å². The van der Waals surface area contributed by atoms with Crippen LogP contribution >= 0.6 is 34.7 Å². The van der Waals surface area contributed by atoms with Crippen molar-refractivity contribution in [2.75, 3.05) is 5.75 Å². The number of fused-ring (bicyclic) bond motifs is 1. The number of nitrogens with one attached hydrogen (secondary N) is 1. The van der Waals surface area contributed by atoms with E-state index in [2.05, 4.69) is 10.3 Å². The van der Waals surface area contributed by atoms with E-state index >= 15 is 0 Å². The van der Waals surface area contributed by atoms with E-state index in [1.807, 2.05) is 29.6 Å². The van der Waals surface area contributed by atoms with Gasteiger partial charge in [-0.05, 0) is 35.9 Å². The lowest BCUT2D eigenvalue weighted by Gasteiger charge is -2.14. The molecule has 1 aromatic carbocycles. The largest absolute Gasteiger partial charge is 0.353 e. The molecule has 0 atom stereocenters. The summed E-state index contributed by atoms with van der Waals surface area (Å²) in [5.41, 5.74) is 1.42. The van der Waals surface area contributed by atoms with E-state index in [0.717, 1.165) is 18.4 Å². The second kappa shape index (κ2) is 8.68. The van der Waals surface area contributed by atoms with Gasteiger partial charge in [-0.3, -0.25) is 14.2 Å². The van der Waals surface area contributed by atoms with Crippen molar-refractivity contribution < 1.29 is 4.79 Å². The lowest BCUT2D eigenvalue weighted by atomic mass is 10.2. The predicted molar refractivity (Wildman–Crippen MR) is 116 cm³/mol. The van der Waals surface area contributed by atoms with Gasteiger partial charge in [0.1, 0.15) is 4.70 Å². The third-order valence-corrected chi connectivity index (χ3v) is 7.11. The minimum Gasteiger partial charge on any atom is -0.353 e. The highest BCUT2D eigenvalue weighted by Gasteiger charge is 2.19. The molecule has 0 spiro atoms. The Hall–Kier alpha value is -1.83. The third kappa shape index (κ3) is 4.26. The molecule has 0 radical (unpaired) electrons. The first kappa shape index (κ1) is 19.5. The average molecular weight is 434 g/mol. The Morgan fingerprint density at radius 3 is 2.86 bits per heavy atom. The van der Waals surface area contributed by atoms with Crippen LogP contribution in [0.4, 0.5) is 0 Å². The molecular formula is C20H20ClN3O2S2. The summed E-state index contributed by atoms with van der Waals surface area (Å²) in [5.74, 6) is 0.224. The van der Waals surface area contributed by atoms with Crippen molar-refractivity contribution in [3.8, 4) is 0 Å². The van der Waals surface area contributed by atoms with Crippen LogP contribution in [0.3, 0.4) is 0 Å². The van der Waals surface area contributed by atoms with Crippen LogP contribution in [0, 0.1) is 0 Å². The fourth-order valence-corrected chi connectivity index (χ4v) is 5.22. The average Bonchev–Trinajstić information content (AvgIpc) is 3.36. The number of rotatable bonds is 6. The standard InChI is InChI=1S/C20H20ClN3O2S2/c21-15-8-4-1-5-13(15)11-24-19(26)18-16(9-10-27-18)23-20(24)28-12-17(25)22-14-6-2-3-7-14/h1,4-5,8-10,14H,2-3,6-7,11-12H2,(H,22,25). The molecule has 4 rings (SSSR count). The maximum Gasteiger partial charge on any atom is 0.272 e. The Bertz CT molecular complexity index is 1060. The number of halogens is 1. The van der Waals surface area contributed by atoms with Gasteiger partial charge in [-0.1, -0.05) is 54.4 Å². The second-order valence-corrected chi connectivity index (χ2v) is 9.12. The van der Waals surface area contributed by atoms with Gasteiger partial charge in [-0.15, -0.1) is 11.3 Å². The van der Waals surface area contributed by atoms with Gasteiger partial charge in [0.05, 0.1) is 17.8 Å². The van der Waals surface area contributed by atoms with Crippen molar-refractivity contribution in [1.82, 2.24) is 14.9 Å². The Morgan fingerprint density at radius 2 is 2.07 bits per heavy atom. The molecule has 3 aromatic rings. The second-order valence-electron chi connectivity index (χ2n) is 6.85. The molecule has 1 saturated carbocycles. The number of aromatic nitrogens is 2. The molecule has 1 aliphatic rings. The zero-order valence-corrected chi connectivity index (χ0v) is 17.6. The first-order valence-corrected chi connectivity index (χ1v) is 11.5. The molecule has 8 heteroatoms. The number of nitrogens with zero attached hydrogens (tertiary/aromatic N) is 2. The highest BCUT2D eigenvalue weighted by molar-refractivity contribution is 7.99. The first-order valence-electron chi connectivity index (χ1n) is 9.25. The van der Waals surface area contributed by atoms with Crippen LogP contribution in [0.2, 0.25) is 5.02 Å². The van der Waals surface area contributed by atoms with Gasteiger partial charge in [0, 0.05) is 11.1 Å². The molecule has 1 aliphatic carbocycles. The quantitative estimate of drug-likeness (QED) is 0.464. The monoisotopic (exact) mass is 433 g/mol. The van der Waals surface area contributed by atoms with Gasteiger partial charge in [0.25, 0.3) is 5.56 Å². The summed E-state index contributed by atoms with van der Waals surface area (Å²) in [6.45, 7) is 0.325. The Morgan fingerprint density at radius 1 is 1.29 bits per heavy atom. The van der Waals surface area contributed by atoms with Crippen molar-refractivity contribution in [2.24, 2.45) is 0 Å². The van der Waals surface area contributed by atoms with Gasteiger partial charge in [0.2, 0.25) is 5.91 Å². The summed E-state index contributed by atoms with van der Waals surface area (Å²) >= 11 is 8.97. The maximum atomic E-state index is 13.0. The van der Waals surface area contributed by atoms with Crippen molar-refractivity contribution in [1.29, 1.82) is 0 Å². The fourth-order valence-electron chi connectivity index (χ4n) is 3.44. The molecule has 1 N–H and O–H groups in total. The fraction of sp³-hybridized carbons (Fsp3) is 0.350. The van der Waals surface area contributed by atoms with Gasteiger partial charge in [0.15, 0.2) is 5.16 Å². The van der Waals surface area contributed by atoms with Crippen LogP contribution in [-0.2, 0) is 11.3 Å². The summed E-state index contributed by atoms with van der Waals surface area (Å²) in [7, 11) is 0. The summed E-state index contributed by atoms with van der Waals surface area (Å²) in [4.78, 5) is 30.0. The molecule has 0 bridgehead atoms. The molecule has 2 heterocycles. The number of carbonyl (C=O) groups is 1. The van der Waals surface area contributed by atoms with E-state index in [-0.39, 0.29) is 23.3 Å². The van der Waals surface area contributed by atoms with Crippen molar-refractivity contribution in [3.63, 3.8) is 0 Å². The molecule has 0 aliphatic heterocycles. The van der Waals surface area contributed by atoms with Crippen LogP contribution < -0.4 is 10.9 Å². The van der Waals surface area contributed by atoms with Crippen LogP contribution in [-0.4, -0.2) is 27.3 Å². The van der Waals surface area contributed by atoms with E-state index in [0.29, 0.717) is 26.9 Å². The number of hydrogen-bond donors (Lipinski definition) is 1. The number of benzene rings is 1. The van der Waals surface area contributed by atoms with E-state index in [1.54, 1.807) is 10.6 Å². The summed E-state index contributed by atoms with van der Waals surface area (Å²) < 4.78 is 2.24. The van der Waals surface area contributed by atoms with E-state index in [1.165, 1.54) is 35.9 Å². The van der Waals surface area contributed by atoms with Gasteiger partial charge >= 0.3 is 0 Å². The predicted octanol–water partition coefficient (Wildman–Crippen LogP) is 4.31. The molecule has 2 aromatic heterocycles. The molecule has 5 nitrogen and oxygen atoms in total. The summed E-state index contributed by atoms with van der Waals surface area (Å²) in [5, 5.41) is 6.09. The molecule has 0 unspecified atom stereocenters. The topological polar surface area (TPSA) is 64.0 Å². The Kier molecular flexibility index (Phi) is 6.04. The lowest BCUT2D eigenvalue weighted by molar-refractivity contribution is -0.119. The highest BCUT2D eigenvalue weighted by Crippen LogP contribution is 2.24. The molecule has 1 fully saturated rings. The zero-order valence-electron chi connectivity index (χ0n) is 15.2. The van der Waals surface area contributed by atoms with Crippen molar-refractivity contribution in [2.45, 2.75) is 43.4 Å². The number of hydrogen-bond acceptors (Lipinski definition) is 5. The number of thioether (sulfide) groups is 1. The zero-order chi connectivity index (χ0) is 19.5. The van der Waals surface area contributed by atoms with Gasteiger partial charge in [-0.2, -0.15) is 0 Å². The van der Waals surface area contributed by atoms with Gasteiger partial charge in [-0.25, -0.2) is 4.98 Å². The summed E-state index contributed by atoms with van der Waals surface area (Å²) in [6, 6.07) is 9.58. The third-order valence-electron chi connectivity index (χ3n) is 4.87. The molecule has 0 saturated heterocycles. The number of amides is 1.